The summed E-state index contributed by atoms with van der Waals surface area (Å²) < 4.78 is 0. The van der Waals surface area contributed by atoms with E-state index in [0.717, 1.165) is 16.7 Å². The number of hydrogen-bond acceptors (Lipinski definition) is 2. The molecule has 0 saturated carbocycles. The van der Waals surface area contributed by atoms with Gasteiger partial charge >= 0.3 is 0 Å². The number of allylic oxidation sites excluding steroid dienone is 2. The number of anilines is 1. The average molecular weight is 359 g/mol. The summed E-state index contributed by atoms with van der Waals surface area (Å²) in [6.45, 7) is 15.3. The highest BCUT2D eigenvalue weighted by molar-refractivity contribution is 5.67. The van der Waals surface area contributed by atoms with Gasteiger partial charge in [0.2, 0.25) is 0 Å². The van der Waals surface area contributed by atoms with Crippen LogP contribution in [0.1, 0.15) is 56.2 Å². The molecule has 2 aromatic carbocycles. The van der Waals surface area contributed by atoms with Crippen molar-refractivity contribution in [2.75, 3.05) is 5.32 Å². The predicted octanol–water partition coefficient (Wildman–Crippen LogP) is 4.87. The minimum absolute atomic E-state index is 0.456. The van der Waals surface area contributed by atoms with Gasteiger partial charge in [0.15, 0.2) is 0 Å². The number of aryl methyl sites for hydroxylation is 1. The maximum Gasteiger partial charge on any atom is 0.108 e. The van der Waals surface area contributed by atoms with E-state index in [1.807, 2.05) is 0 Å². The van der Waals surface area contributed by atoms with E-state index in [1.165, 1.54) is 27.6 Å². The quantitative estimate of drug-likeness (QED) is 0.814. The Balaban J connectivity index is 2.03. The molecule has 3 rings (SSSR count). The van der Waals surface area contributed by atoms with Crippen molar-refractivity contribution in [1.82, 2.24) is 5.32 Å². The van der Waals surface area contributed by atoms with Crippen LogP contribution in [-0.2, 0) is 0 Å². The van der Waals surface area contributed by atoms with Gasteiger partial charge in [0.05, 0.1) is 0 Å². The summed E-state index contributed by atoms with van der Waals surface area (Å²) in [5, 5.41) is 9.45. The summed E-state index contributed by atoms with van der Waals surface area (Å²) in [4.78, 5) is 0. The monoisotopic (exact) mass is 358 g/mol. The zero-order valence-electron chi connectivity index (χ0n) is 17.1. The average Bonchev–Trinajstić information content (AvgIpc) is 2.61. The maximum atomic E-state index is 4.21. The van der Waals surface area contributed by atoms with Crippen molar-refractivity contribution in [1.29, 1.82) is 0 Å². The smallest absolute Gasteiger partial charge is 0.108 e. The van der Waals surface area contributed by atoms with Gasteiger partial charge in [0, 0.05) is 16.6 Å². The molecule has 1 aliphatic rings. The first kappa shape index (κ1) is 19.0. The van der Waals surface area contributed by atoms with Crippen molar-refractivity contribution in [2.24, 2.45) is 0 Å². The summed E-state index contributed by atoms with van der Waals surface area (Å²) in [7, 11) is 0. The van der Waals surface area contributed by atoms with Gasteiger partial charge in [0.1, 0.15) is 5.82 Å². The molecule has 0 fully saturated rings. The summed E-state index contributed by atoms with van der Waals surface area (Å²) in [5.74, 6) is 1.90. The van der Waals surface area contributed by atoms with Gasteiger partial charge in [-0.25, -0.2) is 0 Å². The van der Waals surface area contributed by atoms with Gasteiger partial charge in [-0.2, -0.15) is 0 Å². The van der Waals surface area contributed by atoms with Crippen molar-refractivity contribution in [3.63, 3.8) is 0 Å². The summed E-state index contributed by atoms with van der Waals surface area (Å²) >= 11 is 0. The Morgan fingerprint density at radius 1 is 0.926 bits per heavy atom. The van der Waals surface area contributed by atoms with E-state index in [0.29, 0.717) is 11.8 Å². The molecule has 1 heterocycles. The Hall–Kier alpha value is -2.74. The Bertz CT molecular complexity index is 981. The Kier molecular flexibility index (Phi) is 5.55. The number of benzene rings is 2. The molecule has 2 heteroatoms. The van der Waals surface area contributed by atoms with E-state index in [-0.39, 0.29) is 0 Å². The molecule has 0 aromatic heterocycles. The fourth-order valence-electron chi connectivity index (χ4n) is 3.63. The molecule has 27 heavy (non-hydrogen) atoms. The number of rotatable bonds is 4. The third kappa shape index (κ3) is 4.00. The molecule has 2 N–H and O–H groups in total. The Labute approximate surface area is 163 Å². The number of dihydropyridines is 1. The number of hydrogen-bond donors (Lipinski definition) is 2. The van der Waals surface area contributed by atoms with E-state index >= 15 is 0 Å². The largest absolute Gasteiger partial charge is 0.341 e. The Morgan fingerprint density at radius 3 is 2.15 bits per heavy atom. The maximum absolute atomic E-state index is 4.21. The van der Waals surface area contributed by atoms with Crippen LogP contribution >= 0.6 is 0 Å². The zero-order valence-corrected chi connectivity index (χ0v) is 17.1. The lowest BCUT2D eigenvalue weighted by molar-refractivity contribution is 0.835. The molecule has 0 bridgehead atoms. The first-order valence-corrected chi connectivity index (χ1v) is 9.72. The van der Waals surface area contributed by atoms with Crippen LogP contribution in [0, 0.1) is 6.92 Å². The van der Waals surface area contributed by atoms with Crippen LogP contribution in [0.3, 0.4) is 0 Å². The van der Waals surface area contributed by atoms with E-state index in [4.69, 9.17) is 0 Å². The molecule has 0 atom stereocenters. The predicted molar refractivity (Wildman–Crippen MR) is 118 cm³/mol. The second-order valence-corrected chi connectivity index (χ2v) is 7.83. The van der Waals surface area contributed by atoms with E-state index in [9.17, 15) is 0 Å². The molecular weight excluding hydrogens is 328 g/mol. The number of para-hydroxylation sites is 1. The summed E-state index contributed by atoms with van der Waals surface area (Å²) in [5.41, 5.74) is 6.20. The lowest BCUT2D eigenvalue weighted by atomic mass is 9.92. The summed E-state index contributed by atoms with van der Waals surface area (Å²) in [6, 6.07) is 12.8. The molecule has 140 valence electrons. The molecule has 2 nitrogen and oxygen atoms in total. The fraction of sp³-hybridized carbons (Fsp3) is 0.280. The van der Waals surface area contributed by atoms with Crippen LogP contribution in [0.15, 0.2) is 60.4 Å². The Morgan fingerprint density at radius 2 is 1.56 bits per heavy atom. The normalized spacial score (nSPS) is 15.7. The SMILES string of the molecule is C=c1cccc(C)/c1=C1\C=CC=C(Nc2c(C(C)C)cccc2C(C)C)N1. The van der Waals surface area contributed by atoms with Crippen molar-refractivity contribution < 1.29 is 0 Å². The van der Waals surface area contributed by atoms with Gasteiger partial charge in [0.25, 0.3) is 0 Å². The highest BCUT2D eigenvalue weighted by atomic mass is 15.1. The second-order valence-electron chi connectivity index (χ2n) is 7.83. The minimum atomic E-state index is 0.456. The van der Waals surface area contributed by atoms with Crippen LogP contribution in [0.2, 0.25) is 0 Å². The molecule has 0 radical (unpaired) electrons. The van der Waals surface area contributed by atoms with Crippen LogP contribution < -0.4 is 21.1 Å². The van der Waals surface area contributed by atoms with Gasteiger partial charge in [-0.3, -0.25) is 0 Å². The second kappa shape index (κ2) is 7.87. The highest BCUT2D eigenvalue weighted by Gasteiger charge is 2.15. The third-order valence-electron chi connectivity index (χ3n) is 5.06. The van der Waals surface area contributed by atoms with Gasteiger partial charge < -0.3 is 10.6 Å². The van der Waals surface area contributed by atoms with Crippen molar-refractivity contribution in [3.8, 4) is 0 Å². The molecule has 0 saturated heterocycles. The molecule has 2 aromatic rings. The summed E-state index contributed by atoms with van der Waals surface area (Å²) in [6.07, 6.45) is 6.29. The van der Waals surface area contributed by atoms with Crippen LogP contribution in [0.25, 0.3) is 12.3 Å². The van der Waals surface area contributed by atoms with E-state index in [1.54, 1.807) is 0 Å². The van der Waals surface area contributed by atoms with Crippen molar-refractivity contribution >= 4 is 18.0 Å². The van der Waals surface area contributed by atoms with Crippen LogP contribution in [0.4, 0.5) is 5.69 Å². The molecular formula is C25H30N2. The molecule has 0 aliphatic carbocycles. The topological polar surface area (TPSA) is 24.1 Å². The first-order chi connectivity index (χ1) is 12.9. The third-order valence-corrected chi connectivity index (χ3v) is 5.06. The lowest BCUT2D eigenvalue weighted by Crippen LogP contribution is -2.34. The van der Waals surface area contributed by atoms with E-state index < -0.39 is 0 Å². The van der Waals surface area contributed by atoms with Crippen LogP contribution in [0.5, 0.6) is 0 Å². The molecule has 0 unspecified atom stereocenters. The van der Waals surface area contributed by atoms with E-state index in [2.05, 4.69) is 106 Å². The van der Waals surface area contributed by atoms with Gasteiger partial charge in [-0.1, -0.05) is 76.7 Å². The van der Waals surface area contributed by atoms with Gasteiger partial charge in [-0.15, -0.1) is 0 Å². The van der Waals surface area contributed by atoms with Crippen molar-refractivity contribution in [2.45, 2.75) is 46.5 Å². The minimum Gasteiger partial charge on any atom is -0.341 e. The van der Waals surface area contributed by atoms with Gasteiger partial charge in [-0.05, 0) is 52.8 Å². The lowest BCUT2D eigenvalue weighted by Gasteiger charge is -2.24. The molecule has 1 aliphatic heterocycles. The first-order valence-electron chi connectivity index (χ1n) is 9.72. The number of nitrogens with one attached hydrogen (secondary N) is 2. The van der Waals surface area contributed by atoms with Crippen LogP contribution in [-0.4, -0.2) is 0 Å². The zero-order chi connectivity index (χ0) is 19.6. The highest BCUT2D eigenvalue weighted by Crippen LogP contribution is 2.33. The molecule has 0 spiro atoms. The van der Waals surface area contributed by atoms with Crippen molar-refractivity contribution in [3.05, 3.63) is 87.6 Å². The molecule has 0 amide bonds. The standard InChI is InChI=1S/C25H30N2/c1-16(2)20-12-8-13-21(17(3)4)25(20)27-23-15-9-14-22(26-23)24-18(5)10-7-11-19(24)6/h7-17,26-27H,5H2,1-4,6H3/b24-22+. The fourth-order valence-corrected chi connectivity index (χ4v) is 3.63.